The molecule has 0 aromatic carbocycles. The summed E-state index contributed by atoms with van der Waals surface area (Å²) >= 11 is 0. The molecule has 144 valence electrons. The summed E-state index contributed by atoms with van der Waals surface area (Å²) < 4.78 is 0. The molecule has 3 amide bonds. The van der Waals surface area contributed by atoms with Crippen LogP contribution in [0.1, 0.15) is 52.4 Å². The zero-order chi connectivity index (χ0) is 17.9. The third kappa shape index (κ3) is 5.10. The van der Waals surface area contributed by atoms with Crippen LogP contribution in [-0.4, -0.2) is 47.8 Å². The molecule has 1 aliphatic carbocycles. The first-order chi connectivity index (χ1) is 11.2. The molecule has 0 unspecified atom stereocenters. The summed E-state index contributed by atoms with van der Waals surface area (Å²) in [6.07, 6.45) is 3.93. The molecular weight excluding hydrogens is 340 g/mol. The van der Waals surface area contributed by atoms with Gasteiger partial charge in [0.2, 0.25) is 17.7 Å². The number of nitrogens with two attached hydrogens (primary N) is 2. The highest BCUT2D eigenvalue weighted by molar-refractivity contribution is 7.59. The maximum Gasteiger partial charge on any atom is 0.240 e. The van der Waals surface area contributed by atoms with Crippen molar-refractivity contribution in [2.75, 3.05) is 13.1 Å². The second kappa shape index (κ2) is 8.89. The summed E-state index contributed by atoms with van der Waals surface area (Å²) in [5.41, 5.74) is 10.2. The Morgan fingerprint density at radius 2 is 1.88 bits per heavy atom. The van der Waals surface area contributed by atoms with Gasteiger partial charge in [-0.15, -0.1) is 0 Å². The van der Waals surface area contributed by atoms with Gasteiger partial charge in [0.1, 0.15) is 6.04 Å². The van der Waals surface area contributed by atoms with E-state index in [-0.39, 0.29) is 37.7 Å². The molecule has 8 heteroatoms. The van der Waals surface area contributed by atoms with Gasteiger partial charge in [0.05, 0.1) is 5.41 Å². The first-order valence-corrected chi connectivity index (χ1v) is 8.87. The van der Waals surface area contributed by atoms with Gasteiger partial charge < -0.3 is 21.7 Å². The zero-order valence-electron chi connectivity index (χ0n) is 15.2. The Labute approximate surface area is 156 Å². The predicted octanol–water partition coefficient (Wildman–Crippen LogP) is 0.235. The lowest BCUT2D eigenvalue weighted by Gasteiger charge is -2.54. The van der Waals surface area contributed by atoms with Crippen molar-refractivity contribution < 1.29 is 14.4 Å². The molecule has 2 aliphatic rings. The second-order valence-corrected chi connectivity index (χ2v) is 7.71. The van der Waals surface area contributed by atoms with Gasteiger partial charge in [-0.3, -0.25) is 14.4 Å². The van der Waals surface area contributed by atoms with Gasteiger partial charge in [-0.1, -0.05) is 13.8 Å². The van der Waals surface area contributed by atoms with Crippen molar-refractivity contribution in [2.24, 2.45) is 22.8 Å². The molecule has 1 saturated heterocycles. The lowest BCUT2D eigenvalue weighted by atomic mass is 9.66. The summed E-state index contributed by atoms with van der Waals surface area (Å²) in [5, 5.41) is 3.56. The van der Waals surface area contributed by atoms with E-state index in [0.29, 0.717) is 18.5 Å². The highest BCUT2D eigenvalue weighted by Crippen LogP contribution is 2.46. The SMILES string of the molecule is CC(C)CNC1CCC2(CC1)CN([C@@H](CCC(N)=O)C(N)=O)C2=O.S. The summed E-state index contributed by atoms with van der Waals surface area (Å²) in [7, 11) is 0. The predicted molar refractivity (Wildman–Crippen MR) is 101 cm³/mol. The van der Waals surface area contributed by atoms with E-state index < -0.39 is 17.9 Å². The molecule has 7 nitrogen and oxygen atoms in total. The van der Waals surface area contributed by atoms with Crippen LogP contribution in [0.5, 0.6) is 0 Å². The van der Waals surface area contributed by atoms with Crippen LogP contribution in [0.15, 0.2) is 0 Å². The van der Waals surface area contributed by atoms with Crippen molar-refractivity contribution in [1.29, 1.82) is 0 Å². The number of hydrogen-bond donors (Lipinski definition) is 3. The second-order valence-electron chi connectivity index (χ2n) is 7.71. The monoisotopic (exact) mass is 372 g/mol. The van der Waals surface area contributed by atoms with Crippen molar-refractivity contribution in [1.82, 2.24) is 10.2 Å². The molecule has 25 heavy (non-hydrogen) atoms. The maximum atomic E-state index is 12.7. The molecule has 5 N–H and O–H groups in total. The average molecular weight is 373 g/mol. The standard InChI is InChI=1S/C17H30N4O3.H2S/c1-11(2)9-20-12-5-7-17(8-6-12)10-21(16(17)24)13(15(19)23)3-4-14(18)22;/h11-13,20H,3-10H2,1-2H3,(H2,18,22)(H2,19,23);1H2/t12?,13-,17?;/m0./s1. The van der Waals surface area contributed by atoms with Crippen LogP contribution < -0.4 is 16.8 Å². The maximum absolute atomic E-state index is 12.7. The Morgan fingerprint density at radius 1 is 1.28 bits per heavy atom. The molecule has 1 aliphatic heterocycles. The van der Waals surface area contributed by atoms with Crippen LogP contribution in [0.25, 0.3) is 0 Å². The first-order valence-electron chi connectivity index (χ1n) is 8.87. The fraction of sp³-hybridized carbons (Fsp3) is 0.824. The van der Waals surface area contributed by atoms with Crippen molar-refractivity contribution in [3.8, 4) is 0 Å². The molecule has 1 spiro atoms. The van der Waals surface area contributed by atoms with E-state index >= 15 is 0 Å². The van der Waals surface area contributed by atoms with E-state index in [2.05, 4.69) is 19.2 Å². The van der Waals surface area contributed by atoms with E-state index in [0.717, 1.165) is 32.2 Å². The van der Waals surface area contributed by atoms with Crippen molar-refractivity contribution in [3.05, 3.63) is 0 Å². The molecule has 1 atom stereocenters. The number of nitrogens with zero attached hydrogens (tertiary/aromatic N) is 1. The zero-order valence-corrected chi connectivity index (χ0v) is 16.2. The molecule has 2 rings (SSSR count). The van der Waals surface area contributed by atoms with Crippen LogP contribution in [0.2, 0.25) is 0 Å². The van der Waals surface area contributed by atoms with Gasteiger partial charge in [-0.05, 0) is 44.6 Å². The van der Waals surface area contributed by atoms with Gasteiger partial charge in [0.25, 0.3) is 0 Å². The van der Waals surface area contributed by atoms with E-state index in [4.69, 9.17) is 11.5 Å². The molecule has 1 heterocycles. The molecule has 0 aromatic rings. The number of rotatable bonds is 8. The molecule has 0 aromatic heterocycles. The van der Waals surface area contributed by atoms with Gasteiger partial charge >= 0.3 is 0 Å². The average Bonchev–Trinajstić information content (AvgIpc) is 2.52. The van der Waals surface area contributed by atoms with Gasteiger partial charge in [0.15, 0.2) is 0 Å². The molecule has 1 saturated carbocycles. The minimum Gasteiger partial charge on any atom is -0.370 e. The van der Waals surface area contributed by atoms with E-state index in [1.54, 1.807) is 0 Å². The molecule has 0 radical (unpaired) electrons. The summed E-state index contributed by atoms with van der Waals surface area (Å²) in [5.74, 6) is -0.422. The number of nitrogens with one attached hydrogen (secondary N) is 1. The van der Waals surface area contributed by atoms with Crippen molar-refractivity contribution >= 4 is 31.2 Å². The number of β-lactam (4-membered cyclic amide) rings is 1. The van der Waals surface area contributed by atoms with Gasteiger partial charge in [0, 0.05) is 19.0 Å². The summed E-state index contributed by atoms with van der Waals surface area (Å²) in [6, 6.07) is -0.242. The van der Waals surface area contributed by atoms with Crippen LogP contribution in [0.4, 0.5) is 0 Å². The molecule has 0 bridgehead atoms. The Morgan fingerprint density at radius 3 is 2.32 bits per heavy atom. The summed E-state index contributed by atoms with van der Waals surface area (Å²) in [4.78, 5) is 36.8. The third-order valence-electron chi connectivity index (χ3n) is 5.31. The minimum atomic E-state index is -0.715. The third-order valence-corrected chi connectivity index (χ3v) is 5.31. The summed E-state index contributed by atoms with van der Waals surface area (Å²) in [6.45, 7) is 5.92. The smallest absolute Gasteiger partial charge is 0.240 e. The van der Waals surface area contributed by atoms with Crippen molar-refractivity contribution in [2.45, 2.75) is 64.5 Å². The number of amides is 3. The largest absolute Gasteiger partial charge is 0.370 e. The lowest BCUT2D eigenvalue weighted by Crippen LogP contribution is -2.68. The van der Waals surface area contributed by atoms with Crippen LogP contribution in [0.3, 0.4) is 0 Å². The first kappa shape index (κ1) is 21.8. The number of carbonyl (C=O) groups excluding carboxylic acids is 3. The van der Waals surface area contributed by atoms with E-state index in [9.17, 15) is 14.4 Å². The Hall–Kier alpha value is -1.28. The normalized spacial score (nSPS) is 26.9. The number of likely N-dealkylation sites (tertiary alicyclic amines) is 1. The van der Waals surface area contributed by atoms with Crippen molar-refractivity contribution in [3.63, 3.8) is 0 Å². The molecular formula is C17H32N4O3S. The fourth-order valence-corrected chi connectivity index (χ4v) is 3.81. The Kier molecular flexibility index (Phi) is 7.74. The van der Waals surface area contributed by atoms with Crippen LogP contribution in [0, 0.1) is 11.3 Å². The quantitative estimate of drug-likeness (QED) is 0.529. The highest BCUT2D eigenvalue weighted by atomic mass is 32.1. The van der Waals surface area contributed by atoms with E-state index in [1.807, 2.05) is 0 Å². The van der Waals surface area contributed by atoms with Gasteiger partial charge in [-0.2, -0.15) is 13.5 Å². The lowest BCUT2D eigenvalue weighted by molar-refractivity contribution is -0.171. The molecule has 2 fully saturated rings. The van der Waals surface area contributed by atoms with Crippen LogP contribution in [-0.2, 0) is 14.4 Å². The Bertz CT molecular complexity index is 504. The van der Waals surface area contributed by atoms with Crippen LogP contribution >= 0.6 is 13.5 Å². The van der Waals surface area contributed by atoms with E-state index in [1.165, 1.54) is 4.90 Å². The minimum absolute atomic E-state index is 0. The number of hydrogen-bond acceptors (Lipinski definition) is 4. The van der Waals surface area contributed by atoms with Gasteiger partial charge in [-0.25, -0.2) is 0 Å². The number of carbonyl (C=O) groups is 3. The Balaban J connectivity index is 0.00000312. The highest BCUT2D eigenvalue weighted by Gasteiger charge is 2.55. The fourth-order valence-electron chi connectivity index (χ4n) is 3.81. The topological polar surface area (TPSA) is 119 Å². The number of primary amides is 2.